The summed E-state index contributed by atoms with van der Waals surface area (Å²) < 4.78 is 21.0. The summed E-state index contributed by atoms with van der Waals surface area (Å²) in [4.78, 5) is 19.4. The van der Waals surface area contributed by atoms with E-state index < -0.39 is 0 Å². The summed E-state index contributed by atoms with van der Waals surface area (Å²) in [6.07, 6.45) is 1.50. The summed E-state index contributed by atoms with van der Waals surface area (Å²) in [5, 5.41) is 0.575. The summed E-state index contributed by atoms with van der Waals surface area (Å²) in [6, 6.07) is 14.2. The van der Waals surface area contributed by atoms with Crippen molar-refractivity contribution >= 4 is 21.6 Å². The van der Waals surface area contributed by atoms with Crippen molar-refractivity contribution in [3.05, 3.63) is 81.5 Å². The Balaban J connectivity index is 1.83. The molecule has 0 radical (unpaired) electrons. The SMILES string of the molecule is CCOc1ccc(-c2c(C)sc3ncn(Cc4ccccc4F)c(=O)c23)cc1. The summed E-state index contributed by atoms with van der Waals surface area (Å²) in [5.74, 6) is 0.459. The van der Waals surface area contributed by atoms with Crippen LogP contribution in [0.25, 0.3) is 21.3 Å². The molecule has 2 heterocycles. The third-order valence-electron chi connectivity index (χ3n) is 4.61. The Morgan fingerprint density at radius 3 is 2.61 bits per heavy atom. The molecule has 2 aromatic heterocycles. The second kappa shape index (κ2) is 7.56. The summed E-state index contributed by atoms with van der Waals surface area (Å²) in [6.45, 7) is 4.67. The Morgan fingerprint density at radius 2 is 1.89 bits per heavy atom. The number of aromatic nitrogens is 2. The number of hydrogen-bond acceptors (Lipinski definition) is 4. The van der Waals surface area contributed by atoms with Gasteiger partial charge in [-0.2, -0.15) is 0 Å². The normalized spacial score (nSPS) is 11.1. The summed E-state index contributed by atoms with van der Waals surface area (Å²) >= 11 is 1.49. The van der Waals surface area contributed by atoms with Gasteiger partial charge in [0.1, 0.15) is 16.4 Å². The van der Waals surface area contributed by atoms with Gasteiger partial charge in [0.15, 0.2) is 0 Å². The van der Waals surface area contributed by atoms with Crippen molar-refractivity contribution in [3.8, 4) is 16.9 Å². The predicted octanol–water partition coefficient (Wildman–Crippen LogP) is 5.02. The maximum absolute atomic E-state index is 14.0. The number of fused-ring (bicyclic) bond motifs is 1. The molecule has 0 saturated heterocycles. The number of halogens is 1. The van der Waals surface area contributed by atoms with E-state index in [-0.39, 0.29) is 17.9 Å². The van der Waals surface area contributed by atoms with Crippen LogP contribution in [0.3, 0.4) is 0 Å². The smallest absolute Gasteiger partial charge is 0.263 e. The lowest BCUT2D eigenvalue weighted by Crippen LogP contribution is -2.21. The van der Waals surface area contributed by atoms with Crippen molar-refractivity contribution in [2.45, 2.75) is 20.4 Å². The van der Waals surface area contributed by atoms with E-state index in [0.717, 1.165) is 21.8 Å². The van der Waals surface area contributed by atoms with Gasteiger partial charge in [0.05, 0.1) is 24.9 Å². The van der Waals surface area contributed by atoms with Gasteiger partial charge in [-0.15, -0.1) is 11.3 Å². The quantitative estimate of drug-likeness (QED) is 0.477. The minimum absolute atomic E-state index is 0.145. The van der Waals surface area contributed by atoms with E-state index in [1.165, 1.54) is 28.3 Å². The van der Waals surface area contributed by atoms with Crippen LogP contribution in [-0.4, -0.2) is 16.2 Å². The molecule has 0 spiro atoms. The van der Waals surface area contributed by atoms with Crippen LogP contribution >= 0.6 is 11.3 Å². The fourth-order valence-corrected chi connectivity index (χ4v) is 4.30. The van der Waals surface area contributed by atoms with Gasteiger partial charge in [0, 0.05) is 16.0 Å². The van der Waals surface area contributed by atoms with Crippen LogP contribution in [0.4, 0.5) is 4.39 Å². The van der Waals surface area contributed by atoms with Gasteiger partial charge in [-0.3, -0.25) is 9.36 Å². The number of thiophene rings is 1. The van der Waals surface area contributed by atoms with Gasteiger partial charge in [-0.05, 0) is 37.6 Å². The van der Waals surface area contributed by atoms with Crippen LogP contribution < -0.4 is 10.3 Å². The van der Waals surface area contributed by atoms with E-state index in [9.17, 15) is 9.18 Å². The fourth-order valence-electron chi connectivity index (χ4n) is 3.29. The van der Waals surface area contributed by atoms with E-state index >= 15 is 0 Å². The molecule has 4 rings (SSSR count). The van der Waals surface area contributed by atoms with Crippen molar-refractivity contribution in [2.75, 3.05) is 6.61 Å². The Labute approximate surface area is 165 Å². The number of hydrogen-bond donors (Lipinski definition) is 0. The first-order valence-corrected chi connectivity index (χ1v) is 9.85. The highest BCUT2D eigenvalue weighted by Gasteiger charge is 2.17. The number of ether oxygens (including phenoxy) is 1. The molecule has 0 atom stereocenters. The maximum atomic E-state index is 14.0. The molecule has 0 unspecified atom stereocenters. The lowest BCUT2D eigenvalue weighted by molar-refractivity contribution is 0.340. The van der Waals surface area contributed by atoms with Crippen LogP contribution in [0.5, 0.6) is 5.75 Å². The first-order valence-electron chi connectivity index (χ1n) is 9.03. The zero-order valence-corrected chi connectivity index (χ0v) is 16.4. The molecule has 4 aromatic rings. The lowest BCUT2D eigenvalue weighted by Gasteiger charge is -2.08. The third-order valence-corrected chi connectivity index (χ3v) is 5.62. The minimum Gasteiger partial charge on any atom is -0.494 e. The molecule has 0 fully saturated rings. The van der Waals surface area contributed by atoms with Gasteiger partial charge in [0.2, 0.25) is 0 Å². The first kappa shape index (κ1) is 18.4. The van der Waals surface area contributed by atoms with Gasteiger partial charge in [-0.1, -0.05) is 30.3 Å². The minimum atomic E-state index is -0.331. The molecular formula is C22H19FN2O2S. The molecule has 0 aliphatic heterocycles. The second-order valence-corrected chi connectivity index (χ2v) is 7.64. The number of rotatable bonds is 5. The highest BCUT2D eigenvalue weighted by Crippen LogP contribution is 2.36. The van der Waals surface area contributed by atoms with Gasteiger partial charge in [-0.25, -0.2) is 9.37 Å². The van der Waals surface area contributed by atoms with E-state index in [1.54, 1.807) is 18.2 Å². The zero-order chi connectivity index (χ0) is 19.7. The maximum Gasteiger partial charge on any atom is 0.263 e. The third kappa shape index (κ3) is 3.31. The lowest BCUT2D eigenvalue weighted by atomic mass is 10.0. The molecule has 0 saturated carbocycles. The monoisotopic (exact) mass is 394 g/mol. The fraction of sp³-hybridized carbons (Fsp3) is 0.182. The van der Waals surface area contributed by atoms with Crippen LogP contribution in [0.15, 0.2) is 59.7 Å². The average molecular weight is 394 g/mol. The molecule has 0 N–H and O–H groups in total. The number of nitrogens with zero attached hydrogens (tertiary/aromatic N) is 2. The molecule has 0 bridgehead atoms. The van der Waals surface area contributed by atoms with Crippen molar-refractivity contribution in [1.29, 1.82) is 0 Å². The molecule has 0 amide bonds. The Bertz CT molecular complexity index is 1200. The Hall–Kier alpha value is -2.99. The highest BCUT2D eigenvalue weighted by atomic mass is 32.1. The zero-order valence-electron chi connectivity index (χ0n) is 15.6. The van der Waals surface area contributed by atoms with Crippen LogP contribution in [-0.2, 0) is 6.54 Å². The Kier molecular flexibility index (Phi) is 4.96. The van der Waals surface area contributed by atoms with E-state index in [2.05, 4.69) is 4.98 Å². The van der Waals surface area contributed by atoms with Crippen LogP contribution in [0.1, 0.15) is 17.4 Å². The summed E-state index contributed by atoms with van der Waals surface area (Å²) in [5.41, 5.74) is 2.11. The standard InChI is InChI=1S/C22H19FN2O2S/c1-3-27-17-10-8-15(9-11-17)19-14(2)28-21-20(19)22(26)25(13-24-21)12-16-6-4-5-7-18(16)23/h4-11,13H,3,12H2,1-2H3. The Morgan fingerprint density at radius 1 is 1.14 bits per heavy atom. The second-order valence-electron chi connectivity index (χ2n) is 6.44. The van der Waals surface area contributed by atoms with Crippen LogP contribution in [0.2, 0.25) is 0 Å². The van der Waals surface area contributed by atoms with Crippen molar-refractivity contribution in [3.63, 3.8) is 0 Å². The molecule has 6 heteroatoms. The largest absolute Gasteiger partial charge is 0.494 e. The molecule has 0 aliphatic rings. The van der Waals surface area contributed by atoms with E-state index in [4.69, 9.17) is 4.74 Å². The van der Waals surface area contributed by atoms with Crippen molar-refractivity contribution in [1.82, 2.24) is 9.55 Å². The van der Waals surface area contributed by atoms with Gasteiger partial charge in [0.25, 0.3) is 5.56 Å². The highest BCUT2D eigenvalue weighted by molar-refractivity contribution is 7.19. The molecule has 4 nitrogen and oxygen atoms in total. The van der Waals surface area contributed by atoms with E-state index in [1.807, 2.05) is 38.1 Å². The average Bonchev–Trinajstić information content (AvgIpc) is 3.03. The van der Waals surface area contributed by atoms with Crippen molar-refractivity contribution in [2.24, 2.45) is 0 Å². The number of benzene rings is 2. The van der Waals surface area contributed by atoms with Crippen molar-refractivity contribution < 1.29 is 9.13 Å². The summed E-state index contributed by atoms with van der Waals surface area (Å²) in [7, 11) is 0. The van der Waals surface area contributed by atoms with Crippen LogP contribution in [0, 0.1) is 12.7 Å². The molecule has 2 aromatic carbocycles. The molecular weight excluding hydrogens is 375 g/mol. The molecule has 28 heavy (non-hydrogen) atoms. The molecule has 0 aliphatic carbocycles. The topological polar surface area (TPSA) is 44.1 Å². The molecule has 142 valence electrons. The van der Waals surface area contributed by atoms with Gasteiger partial charge < -0.3 is 4.74 Å². The number of aryl methyl sites for hydroxylation is 1. The predicted molar refractivity (Wildman–Crippen MR) is 111 cm³/mol. The van der Waals surface area contributed by atoms with Gasteiger partial charge >= 0.3 is 0 Å². The van der Waals surface area contributed by atoms with E-state index in [0.29, 0.717) is 22.4 Å². The first-order chi connectivity index (χ1) is 13.6.